The molecule has 1 atom stereocenters. The highest BCUT2D eigenvalue weighted by atomic mass is 79.9. The Kier molecular flexibility index (Phi) is 8.44. The number of thiazole rings is 1. The topological polar surface area (TPSA) is 95.0 Å². The smallest absolute Gasteiger partial charge is 0.306 e. The van der Waals surface area contributed by atoms with Crippen molar-refractivity contribution < 1.29 is 26.9 Å². The van der Waals surface area contributed by atoms with Crippen LogP contribution in [0.1, 0.15) is 63.6 Å². The van der Waals surface area contributed by atoms with Crippen molar-refractivity contribution >= 4 is 43.3 Å². The van der Waals surface area contributed by atoms with Crippen molar-refractivity contribution in [2.45, 2.75) is 58.5 Å². The summed E-state index contributed by atoms with van der Waals surface area (Å²) in [6.45, 7) is 5.87. The van der Waals surface area contributed by atoms with Gasteiger partial charge in [-0.15, -0.1) is 11.3 Å². The van der Waals surface area contributed by atoms with Crippen molar-refractivity contribution in [3.05, 3.63) is 78.7 Å². The molecule has 0 saturated carbocycles. The second kappa shape index (κ2) is 11.7. The molecule has 1 aromatic heterocycles. The van der Waals surface area contributed by atoms with Crippen molar-refractivity contribution in [3.63, 3.8) is 0 Å². The zero-order valence-electron chi connectivity index (χ0n) is 22.1. The first-order valence-corrected chi connectivity index (χ1v) is 16.3. The molecule has 1 amide bonds. The standard InChI is InChI=1S/C28H31BrN2O6S2/c1-17-4-5-18(2)20(12-17)13-26(32)31-10-8-19(9-11-31)27-30-24(16-38-27)28-35-14-21-22(15-36-28)25(7-6-23(21)29)37-39(3,33)34/h4-7,12,16,19,28H,8-11,13-15H2,1-3H3. The van der Waals surface area contributed by atoms with Gasteiger partial charge in [-0.1, -0.05) is 39.7 Å². The Morgan fingerprint density at radius 3 is 2.56 bits per heavy atom. The Hall–Kier alpha value is -2.31. The molecule has 1 saturated heterocycles. The molecule has 5 rings (SSSR count). The van der Waals surface area contributed by atoms with E-state index in [2.05, 4.69) is 48.0 Å². The minimum atomic E-state index is -3.69. The van der Waals surface area contributed by atoms with Crippen LogP contribution in [0, 0.1) is 13.8 Å². The molecule has 2 aromatic carbocycles. The summed E-state index contributed by atoms with van der Waals surface area (Å²) < 4.78 is 41.5. The molecule has 3 heterocycles. The Morgan fingerprint density at radius 2 is 1.85 bits per heavy atom. The van der Waals surface area contributed by atoms with E-state index in [9.17, 15) is 13.2 Å². The monoisotopic (exact) mass is 634 g/mol. The molecule has 1 fully saturated rings. The number of halogens is 1. The maximum Gasteiger partial charge on any atom is 0.306 e. The number of carbonyl (C=O) groups excluding carboxylic acids is 1. The molecule has 0 spiro atoms. The lowest BCUT2D eigenvalue weighted by Crippen LogP contribution is -2.38. The maximum absolute atomic E-state index is 13.0. The molecule has 0 aliphatic carbocycles. The molecule has 1 unspecified atom stereocenters. The van der Waals surface area contributed by atoms with E-state index in [1.807, 2.05) is 10.3 Å². The molecule has 208 valence electrons. The average molecular weight is 636 g/mol. The van der Waals surface area contributed by atoms with Crippen LogP contribution < -0.4 is 4.18 Å². The lowest BCUT2D eigenvalue weighted by atomic mass is 9.96. The minimum absolute atomic E-state index is 0.123. The van der Waals surface area contributed by atoms with Gasteiger partial charge in [-0.25, -0.2) is 4.98 Å². The minimum Gasteiger partial charge on any atom is -0.382 e. The highest BCUT2D eigenvalue weighted by Crippen LogP contribution is 2.38. The predicted octanol–water partition coefficient (Wildman–Crippen LogP) is 5.56. The quantitative estimate of drug-likeness (QED) is 0.328. The van der Waals surface area contributed by atoms with Crippen LogP contribution in [0.2, 0.25) is 0 Å². The Balaban J connectivity index is 1.20. The number of carbonyl (C=O) groups is 1. The number of piperidine rings is 1. The van der Waals surface area contributed by atoms with E-state index in [4.69, 9.17) is 18.6 Å². The summed E-state index contributed by atoms with van der Waals surface area (Å²) in [5.41, 5.74) is 5.52. The van der Waals surface area contributed by atoms with E-state index in [1.54, 1.807) is 23.5 Å². The zero-order chi connectivity index (χ0) is 27.7. The number of nitrogens with zero attached hydrogens (tertiary/aromatic N) is 2. The van der Waals surface area contributed by atoms with Crippen LogP contribution in [0.4, 0.5) is 0 Å². The Labute approximate surface area is 241 Å². The molecular weight excluding hydrogens is 604 g/mol. The highest BCUT2D eigenvalue weighted by Gasteiger charge is 2.29. The molecule has 0 bridgehead atoms. The van der Waals surface area contributed by atoms with Crippen LogP contribution >= 0.6 is 27.3 Å². The van der Waals surface area contributed by atoms with E-state index >= 15 is 0 Å². The van der Waals surface area contributed by atoms with Crippen LogP contribution in [-0.2, 0) is 44.0 Å². The SMILES string of the molecule is Cc1ccc(C)c(CC(=O)N2CCC(c3nc(C4OCc5c(Br)ccc(OS(C)(=O)=O)c5CO4)cs3)CC2)c1. The number of fused-ring (bicyclic) bond motifs is 1. The van der Waals surface area contributed by atoms with Crippen molar-refractivity contribution in [1.82, 2.24) is 9.88 Å². The number of benzene rings is 2. The van der Waals surface area contributed by atoms with Gasteiger partial charge < -0.3 is 18.6 Å². The van der Waals surface area contributed by atoms with Gasteiger partial charge in [0.25, 0.3) is 0 Å². The van der Waals surface area contributed by atoms with Gasteiger partial charge in [0.15, 0.2) is 0 Å². The van der Waals surface area contributed by atoms with E-state index in [1.165, 1.54) is 5.56 Å². The normalized spacial score (nSPS) is 18.5. The van der Waals surface area contributed by atoms with Crippen molar-refractivity contribution in [1.29, 1.82) is 0 Å². The van der Waals surface area contributed by atoms with Crippen molar-refractivity contribution in [2.24, 2.45) is 0 Å². The summed E-state index contributed by atoms with van der Waals surface area (Å²) in [6, 6.07) is 9.60. The number of amides is 1. The summed E-state index contributed by atoms with van der Waals surface area (Å²) in [6.07, 6.45) is 2.50. The van der Waals surface area contributed by atoms with Crippen molar-refractivity contribution in [3.8, 4) is 5.75 Å². The largest absolute Gasteiger partial charge is 0.382 e. The van der Waals surface area contributed by atoms with Crippen LogP contribution in [0.25, 0.3) is 0 Å². The summed E-state index contributed by atoms with van der Waals surface area (Å²) >= 11 is 5.10. The van der Waals surface area contributed by atoms with Gasteiger partial charge >= 0.3 is 10.1 Å². The second-order valence-corrected chi connectivity index (χ2v) is 13.4. The molecule has 3 aromatic rings. The van der Waals surface area contributed by atoms with E-state index < -0.39 is 16.4 Å². The fraction of sp³-hybridized carbons (Fsp3) is 0.429. The lowest BCUT2D eigenvalue weighted by Gasteiger charge is -2.31. The van der Waals surface area contributed by atoms with Crippen LogP contribution in [0.3, 0.4) is 0 Å². The second-order valence-electron chi connectivity index (χ2n) is 10.1. The van der Waals surface area contributed by atoms with E-state index in [0.717, 1.165) is 45.3 Å². The molecule has 39 heavy (non-hydrogen) atoms. The van der Waals surface area contributed by atoms with Gasteiger partial charge in [0.1, 0.15) is 11.4 Å². The van der Waals surface area contributed by atoms with Crippen LogP contribution in [-0.4, -0.2) is 43.6 Å². The first-order valence-electron chi connectivity index (χ1n) is 12.8. The summed E-state index contributed by atoms with van der Waals surface area (Å²) in [7, 11) is -3.69. The molecule has 0 radical (unpaired) electrons. The number of likely N-dealkylation sites (tertiary alicyclic amines) is 1. The fourth-order valence-corrected chi connectivity index (χ4v) is 6.93. The third-order valence-corrected chi connectivity index (χ3v) is 9.41. The average Bonchev–Trinajstić information content (AvgIpc) is 3.27. The van der Waals surface area contributed by atoms with E-state index in [-0.39, 0.29) is 30.8 Å². The Morgan fingerprint density at radius 1 is 1.13 bits per heavy atom. The molecular formula is C28H31BrN2O6S2. The van der Waals surface area contributed by atoms with Gasteiger partial charge in [-0.2, -0.15) is 8.42 Å². The summed E-state index contributed by atoms with van der Waals surface area (Å²) in [4.78, 5) is 19.8. The number of hydrogen-bond acceptors (Lipinski definition) is 8. The third kappa shape index (κ3) is 6.71. The predicted molar refractivity (Wildman–Crippen MR) is 152 cm³/mol. The number of ether oxygens (including phenoxy) is 2. The molecule has 11 heteroatoms. The van der Waals surface area contributed by atoms with Crippen LogP contribution in [0.5, 0.6) is 5.75 Å². The first kappa shape index (κ1) is 28.2. The molecule has 0 N–H and O–H groups in total. The third-order valence-electron chi connectivity index (χ3n) is 7.15. The number of hydrogen-bond donors (Lipinski definition) is 0. The zero-order valence-corrected chi connectivity index (χ0v) is 25.3. The molecule has 2 aliphatic heterocycles. The summed E-state index contributed by atoms with van der Waals surface area (Å²) in [5, 5.41) is 2.97. The van der Waals surface area contributed by atoms with Crippen LogP contribution in [0.15, 0.2) is 40.2 Å². The fourth-order valence-electron chi connectivity index (χ4n) is 4.97. The van der Waals surface area contributed by atoms with Gasteiger partial charge in [0.05, 0.1) is 30.9 Å². The lowest BCUT2D eigenvalue weighted by molar-refractivity contribution is -0.155. The van der Waals surface area contributed by atoms with E-state index in [0.29, 0.717) is 30.8 Å². The summed E-state index contributed by atoms with van der Waals surface area (Å²) in [5.74, 6) is 0.686. The number of aromatic nitrogens is 1. The number of aryl methyl sites for hydroxylation is 2. The Bertz CT molecular complexity index is 1480. The first-order chi connectivity index (χ1) is 18.6. The maximum atomic E-state index is 13.0. The molecule has 8 nitrogen and oxygen atoms in total. The van der Waals surface area contributed by atoms with Gasteiger partial charge in [0.2, 0.25) is 12.2 Å². The van der Waals surface area contributed by atoms with Gasteiger partial charge in [-0.3, -0.25) is 4.79 Å². The van der Waals surface area contributed by atoms with Gasteiger partial charge in [-0.05, 0) is 49.9 Å². The molecule has 2 aliphatic rings. The van der Waals surface area contributed by atoms with Crippen molar-refractivity contribution in [2.75, 3.05) is 19.3 Å². The highest BCUT2D eigenvalue weighted by molar-refractivity contribution is 9.10. The number of rotatable bonds is 6. The van der Waals surface area contributed by atoms with Gasteiger partial charge in [0, 0.05) is 40.0 Å².